The first-order chi connectivity index (χ1) is 11.7. The molecule has 1 saturated carbocycles. The van der Waals surface area contributed by atoms with Crippen LogP contribution in [-0.4, -0.2) is 25.9 Å². The lowest BCUT2D eigenvalue weighted by Gasteiger charge is -2.44. The van der Waals surface area contributed by atoms with Crippen molar-refractivity contribution in [1.82, 2.24) is 0 Å². The molecular weight excluding hydrogens is 312 g/mol. The lowest BCUT2D eigenvalue weighted by atomic mass is 9.75. The van der Waals surface area contributed by atoms with Gasteiger partial charge in [-0.3, -0.25) is 0 Å². The fourth-order valence-corrected chi connectivity index (χ4v) is 6.04. The molecular formula is C21H28O2Si. The zero-order valence-electron chi connectivity index (χ0n) is 14.5. The number of hydrogen-bond donors (Lipinski definition) is 1. The van der Waals surface area contributed by atoms with Crippen molar-refractivity contribution in [3.05, 3.63) is 60.7 Å². The Labute approximate surface area is 147 Å². The van der Waals surface area contributed by atoms with E-state index in [1.165, 1.54) is 10.4 Å². The molecule has 1 fully saturated rings. The third-order valence-corrected chi connectivity index (χ3v) is 7.73. The van der Waals surface area contributed by atoms with Gasteiger partial charge in [0.1, 0.15) is 0 Å². The molecule has 0 amide bonds. The first-order valence-corrected chi connectivity index (χ1v) is 10.8. The molecule has 1 aliphatic carbocycles. The second-order valence-electron chi connectivity index (χ2n) is 6.93. The van der Waals surface area contributed by atoms with Gasteiger partial charge < -0.3 is 9.53 Å². The molecule has 3 rings (SSSR count). The van der Waals surface area contributed by atoms with E-state index in [0.29, 0.717) is 0 Å². The quantitative estimate of drug-likeness (QED) is 0.749. The number of hydrogen-bond acceptors (Lipinski definition) is 2. The van der Waals surface area contributed by atoms with Crippen LogP contribution in [0.2, 0.25) is 0 Å². The minimum absolute atomic E-state index is 0.0386. The van der Waals surface area contributed by atoms with Crippen LogP contribution in [0.3, 0.4) is 0 Å². The van der Waals surface area contributed by atoms with Crippen molar-refractivity contribution in [2.24, 2.45) is 0 Å². The topological polar surface area (TPSA) is 29.5 Å². The van der Waals surface area contributed by atoms with E-state index in [1.54, 1.807) is 0 Å². The first kappa shape index (κ1) is 17.4. The van der Waals surface area contributed by atoms with Crippen molar-refractivity contribution in [1.29, 1.82) is 0 Å². The van der Waals surface area contributed by atoms with E-state index in [9.17, 15) is 5.11 Å². The second kappa shape index (κ2) is 8.10. The molecule has 0 aromatic heterocycles. The van der Waals surface area contributed by atoms with Crippen LogP contribution in [-0.2, 0) is 4.43 Å². The third-order valence-electron chi connectivity index (χ3n) is 5.14. The van der Waals surface area contributed by atoms with Gasteiger partial charge in [0.25, 0.3) is 0 Å². The van der Waals surface area contributed by atoms with Gasteiger partial charge in [-0.15, -0.1) is 0 Å². The molecule has 0 spiro atoms. The van der Waals surface area contributed by atoms with Gasteiger partial charge in [-0.25, -0.2) is 0 Å². The third kappa shape index (κ3) is 3.97. The molecule has 128 valence electrons. The lowest BCUT2D eigenvalue weighted by molar-refractivity contribution is -0.117. The molecule has 1 aliphatic rings. The highest BCUT2D eigenvalue weighted by atomic mass is 28.3. The molecule has 1 atom stereocenters. The molecule has 0 aliphatic heterocycles. The molecule has 1 N–H and O–H groups in total. The van der Waals surface area contributed by atoms with Gasteiger partial charge >= 0.3 is 0 Å². The summed E-state index contributed by atoms with van der Waals surface area (Å²) in [7, 11) is -1.79. The molecule has 1 unspecified atom stereocenters. The summed E-state index contributed by atoms with van der Waals surface area (Å²) in [5.41, 5.74) is -0.607. The van der Waals surface area contributed by atoms with Crippen molar-refractivity contribution in [2.45, 2.75) is 57.2 Å². The Kier molecular flexibility index (Phi) is 5.88. The van der Waals surface area contributed by atoms with Crippen LogP contribution in [0.15, 0.2) is 60.7 Å². The Morgan fingerprint density at radius 3 is 1.96 bits per heavy atom. The van der Waals surface area contributed by atoms with E-state index in [4.69, 9.17) is 4.43 Å². The maximum atomic E-state index is 10.9. The van der Waals surface area contributed by atoms with Crippen LogP contribution in [0, 0.1) is 0 Å². The van der Waals surface area contributed by atoms with Crippen molar-refractivity contribution in [3.63, 3.8) is 0 Å². The van der Waals surface area contributed by atoms with E-state index < -0.39 is 14.6 Å². The van der Waals surface area contributed by atoms with E-state index >= 15 is 0 Å². The van der Waals surface area contributed by atoms with Gasteiger partial charge in [0.05, 0.1) is 11.7 Å². The second-order valence-corrected chi connectivity index (χ2v) is 9.29. The summed E-state index contributed by atoms with van der Waals surface area (Å²) in [5, 5.41) is 13.5. The van der Waals surface area contributed by atoms with Crippen LogP contribution < -0.4 is 10.4 Å². The Hall–Kier alpha value is -1.42. The Balaban J connectivity index is 1.87. The van der Waals surface area contributed by atoms with Crippen LogP contribution in [0.4, 0.5) is 0 Å². The zero-order valence-corrected chi connectivity index (χ0v) is 15.7. The van der Waals surface area contributed by atoms with Gasteiger partial charge in [0.2, 0.25) is 9.04 Å². The molecule has 3 heteroatoms. The van der Waals surface area contributed by atoms with Crippen molar-refractivity contribution >= 4 is 19.4 Å². The molecule has 0 bridgehead atoms. The number of rotatable bonds is 8. The highest BCUT2D eigenvalue weighted by Crippen LogP contribution is 2.38. The summed E-state index contributed by atoms with van der Waals surface area (Å²) in [4.78, 5) is 0. The minimum atomic E-state index is -1.79. The Morgan fingerprint density at radius 2 is 1.54 bits per heavy atom. The predicted octanol–water partition coefficient (Wildman–Crippen LogP) is 3.02. The molecule has 2 nitrogen and oxygen atoms in total. The predicted molar refractivity (Wildman–Crippen MR) is 102 cm³/mol. The SMILES string of the molecule is CCCCC(O[SiH](c1ccccc1)c1ccccc1)C1(O)CCC1. The minimum Gasteiger partial charge on any atom is -0.405 e. The maximum Gasteiger partial charge on any atom is 0.240 e. The fraction of sp³-hybridized carbons (Fsp3) is 0.429. The fourth-order valence-electron chi connectivity index (χ4n) is 3.48. The van der Waals surface area contributed by atoms with Gasteiger partial charge in [-0.05, 0) is 36.1 Å². The molecule has 2 aromatic carbocycles. The average Bonchev–Trinajstić information content (AvgIpc) is 2.61. The van der Waals surface area contributed by atoms with Crippen LogP contribution >= 0.6 is 0 Å². The van der Waals surface area contributed by atoms with Gasteiger partial charge in [0, 0.05) is 0 Å². The molecule has 2 aromatic rings. The zero-order chi connectivity index (χ0) is 16.8. The maximum absolute atomic E-state index is 10.9. The summed E-state index contributed by atoms with van der Waals surface area (Å²) >= 11 is 0. The molecule has 0 saturated heterocycles. The van der Waals surface area contributed by atoms with E-state index in [0.717, 1.165) is 38.5 Å². The van der Waals surface area contributed by atoms with Gasteiger partial charge in [0.15, 0.2) is 0 Å². The summed E-state index contributed by atoms with van der Waals surface area (Å²) in [6.45, 7) is 2.20. The van der Waals surface area contributed by atoms with E-state index in [1.807, 2.05) is 12.1 Å². The van der Waals surface area contributed by atoms with Gasteiger partial charge in [-0.1, -0.05) is 80.4 Å². The van der Waals surface area contributed by atoms with Crippen molar-refractivity contribution in [2.75, 3.05) is 0 Å². The number of unbranched alkanes of at least 4 members (excludes halogenated alkanes) is 1. The summed E-state index contributed by atoms with van der Waals surface area (Å²) in [5.74, 6) is 0. The van der Waals surface area contributed by atoms with E-state index in [-0.39, 0.29) is 6.10 Å². The highest BCUT2D eigenvalue weighted by Gasteiger charge is 2.43. The normalized spacial score (nSPS) is 17.5. The highest BCUT2D eigenvalue weighted by molar-refractivity contribution is 6.80. The lowest BCUT2D eigenvalue weighted by Crippen LogP contribution is -2.56. The smallest absolute Gasteiger partial charge is 0.240 e. The molecule has 0 radical (unpaired) electrons. The molecule has 24 heavy (non-hydrogen) atoms. The standard InChI is InChI=1S/C21H28O2Si/c1-2-3-15-20(21(22)16-10-17-21)23-24(18-11-6-4-7-12-18)19-13-8-5-9-14-19/h4-9,11-14,20,22,24H,2-3,10,15-17H2,1H3. The summed E-state index contributed by atoms with van der Waals surface area (Å²) in [6, 6.07) is 21.1. The Bertz CT molecular complexity index is 571. The summed E-state index contributed by atoms with van der Waals surface area (Å²) < 4.78 is 6.72. The summed E-state index contributed by atoms with van der Waals surface area (Å²) in [6.07, 6.45) is 6.04. The average molecular weight is 341 g/mol. The van der Waals surface area contributed by atoms with Crippen LogP contribution in [0.1, 0.15) is 45.4 Å². The van der Waals surface area contributed by atoms with Crippen LogP contribution in [0.5, 0.6) is 0 Å². The van der Waals surface area contributed by atoms with E-state index in [2.05, 4.69) is 55.5 Å². The first-order valence-electron chi connectivity index (χ1n) is 9.20. The monoisotopic (exact) mass is 340 g/mol. The number of aliphatic hydroxyl groups is 1. The van der Waals surface area contributed by atoms with Crippen LogP contribution in [0.25, 0.3) is 0 Å². The molecule has 0 heterocycles. The van der Waals surface area contributed by atoms with Crippen molar-refractivity contribution < 1.29 is 9.53 Å². The van der Waals surface area contributed by atoms with Gasteiger partial charge in [-0.2, -0.15) is 0 Å². The largest absolute Gasteiger partial charge is 0.405 e. The number of benzene rings is 2. The van der Waals surface area contributed by atoms with Crippen molar-refractivity contribution in [3.8, 4) is 0 Å². The Morgan fingerprint density at radius 1 is 1.00 bits per heavy atom.